The van der Waals surface area contributed by atoms with Gasteiger partial charge in [-0.3, -0.25) is 4.79 Å². The van der Waals surface area contributed by atoms with E-state index < -0.39 is 0 Å². The van der Waals surface area contributed by atoms with Gasteiger partial charge in [-0.15, -0.1) is 10.2 Å². The van der Waals surface area contributed by atoms with Gasteiger partial charge in [-0.25, -0.2) is 0 Å². The Labute approximate surface area is 183 Å². The van der Waals surface area contributed by atoms with Gasteiger partial charge in [0, 0.05) is 18.7 Å². The highest BCUT2D eigenvalue weighted by atomic mass is 32.2. The molecule has 0 aliphatic rings. The molecule has 0 bridgehead atoms. The largest absolute Gasteiger partial charge is 0.325 e. The van der Waals surface area contributed by atoms with Crippen LogP contribution in [0.1, 0.15) is 57.0 Å². The molecule has 1 amide bonds. The van der Waals surface area contributed by atoms with Gasteiger partial charge in [0.15, 0.2) is 5.16 Å². The lowest BCUT2D eigenvalue weighted by Crippen LogP contribution is -2.24. The molecule has 0 saturated carbocycles. The van der Waals surface area contributed by atoms with E-state index in [9.17, 15) is 4.79 Å². The number of rotatable bonds is 9. The third-order valence-electron chi connectivity index (χ3n) is 5.33. The Hall–Kier alpha value is -2.60. The fourth-order valence-electron chi connectivity index (χ4n) is 3.34. The molecule has 3 rings (SSSR count). The van der Waals surface area contributed by atoms with Crippen LogP contribution in [0.2, 0.25) is 0 Å². The predicted molar refractivity (Wildman–Crippen MR) is 124 cm³/mol. The minimum absolute atomic E-state index is 0.0222. The Morgan fingerprint density at radius 3 is 2.43 bits per heavy atom. The molecule has 1 aromatic heterocycles. The summed E-state index contributed by atoms with van der Waals surface area (Å²) in [4.78, 5) is 12.9. The van der Waals surface area contributed by atoms with E-state index in [2.05, 4.69) is 59.1 Å². The summed E-state index contributed by atoms with van der Waals surface area (Å²) in [5.74, 6) is 1.29. The SMILES string of the molecule is CCC(C)c1ccccc1NC(=O)C(C)Sc1nnc(Cc2ccccc2)n1CC. The van der Waals surface area contributed by atoms with Crippen molar-refractivity contribution in [2.75, 3.05) is 5.32 Å². The summed E-state index contributed by atoms with van der Waals surface area (Å²) >= 11 is 1.45. The van der Waals surface area contributed by atoms with E-state index in [4.69, 9.17) is 0 Å². The van der Waals surface area contributed by atoms with Crippen LogP contribution in [-0.2, 0) is 17.8 Å². The molecule has 1 N–H and O–H groups in total. The maximum absolute atomic E-state index is 12.9. The van der Waals surface area contributed by atoms with E-state index in [1.807, 2.05) is 43.3 Å². The van der Waals surface area contributed by atoms with Crippen molar-refractivity contribution in [1.82, 2.24) is 14.8 Å². The smallest absolute Gasteiger partial charge is 0.237 e. The van der Waals surface area contributed by atoms with E-state index >= 15 is 0 Å². The maximum atomic E-state index is 12.9. The number of carbonyl (C=O) groups is 1. The zero-order chi connectivity index (χ0) is 21.5. The van der Waals surface area contributed by atoms with Crippen molar-refractivity contribution in [1.29, 1.82) is 0 Å². The predicted octanol–water partition coefficient (Wildman–Crippen LogP) is 5.52. The van der Waals surface area contributed by atoms with E-state index in [1.165, 1.54) is 22.9 Å². The van der Waals surface area contributed by atoms with Crippen LogP contribution in [0.3, 0.4) is 0 Å². The fourth-order valence-corrected chi connectivity index (χ4v) is 4.27. The lowest BCUT2D eigenvalue weighted by Gasteiger charge is -2.17. The molecule has 6 heteroatoms. The van der Waals surface area contributed by atoms with Crippen LogP contribution in [0.5, 0.6) is 0 Å². The van der Waals surface area contributed by atoms with Crippen molar-refractivity contribution in [2.24, 2.45) is 0 Å². The molecule has 1 heterocycles. The summed E-state index contributed by atoms with van der Waals surface area (Å²) in [6, 6.07) is 18.3. The number of hydrogen-bond acceptors (Lipinski definition) is 4. The van der Waals surface area contributed by atoms with E-state index in [1.54, 1.807) is 0 Å². The average Bonchev–Trinajstić information content (AvgIpc) is 3.15. The van der Waals surface area contributed by atoms with Gasteiger partial charge in [-0.1, -0.05) is 74.1 Å². The first kappa shape index (κ1) is 22.1. The maximum Gasteiger partial charge on any atom is 0.237 e. The van der Waals surface area contributed by atoms with Crippen LogP contribution in [0.15, 0.2) is 59.8 Å². The first-order chi connectivity index (χ1) is 14.5. The molecule has 2 unspecified atom stereocenters. The van der Waals surface area contributed by atoms with Crippen molar-refractivity contribution in [3.63, 3.8) is 0 Å². The molecular weight excluding hydrogens is 392 g/mol. The monoisotopic (exact) mass is 422 g/mol. The quantitative estimate of drug-likeness (QED) is 0.461. The molecule has 2 atom stereocenters. The van der Waals surface area contributed by atoms with Gasteiger partial charge in [-0.05, 0) is 43.4 Å². The number of aromatic nitrogens is 3. The highest BCUT2D eigenvalue weighted by Gasteiger charge is 2.21. The number of anilines is 1. The number of benzene rings is 2. The Morgan fingerprint density at radius 1 is 1.03 bits per heavy atom. The topological polar surface area (TPSA) is 59.8 Å². The fraction of sp³-hybridized carbons (Fsp3) is 0.375. The highest BCUT2D eigenvalue weighted by molar-refractivity contribution is 8.00. The lowest BCUT2D eigenvalue weighted by atomic mass is 9.97. The summed E-state index contributed by atoms with van der Waals surface area (Å²) in [6.07, 6.45) is 1.76. The van der Waals surface area contributed by atoms with Crippen LogP contribution in [0, 0.1) is 0 Å². The Morgan fingerprint density at radius 2 is 1.73 bits per heavy atom. The minimum Gasteiger partial charge on any atom is -0.325 e. The Balaban J connectivity index is 1.70. The van der Waals surface area contributed by atoms with Crippen molar-refractivity contribution >= 4 is 23.4 Å². The molecule has 0 aliphatic heterocycles. The second-order valence-electron chi connectivity index (χ2n) is 7.45. The molecule has 0 saturated heterocycles. The molecule has 0 spiro atoms. The van der Waals surface area contributed by atoms with Gasteiger partial charge >= 0.3 is 0 Å². The van der Waals surface area contributed by atoms with E-state index in [-0.39, 0.29) is 11.2 Å². The van der Waals surface area contributed by atoms with Crippen LogP contribution < -0.4 is 5.32 Å². The van der Waals surface area contributed by atoms with E-state index in [0.29, 0.717) is 5.92 Å². The van der Waals surface area contributed by atoms with Gasteiger partial charge in [0.2, 0.25) is 5.91 Å². The highest BCUT2D eigenvalue weighted by Crippen LogP contribution is 2.28. The average molecular weight is 423 g/mol. The van der Waals surface area contributed by atoms with Gasteiger partial charge in [0.05, 0.1) is 5.25 Å². The van der Waals surface area contributed by atoms with Gasteiger partial charge in [0.1, 0.15) is 5.82 Å². The summed E-state index contributed by atoms with van der Waals surface area (Å²) in [5.41, 5.74) is 3.27. The molecule has 3 aromatic rings. The van der Waals surface area contributed by atoms with Crippen LogP contribution in [0.4, 0.5) is 5.69 Å². The molecule has 2 aromatic carbocycles. The number of nitrogens with one attached hydrogen (secondary N) is 1. The van der Waals surface area contributed by atoms with Crippen LogP contribution in [-0.4, -0.2) is 25.9 Å². The zero-order valence-electron chi connectivity index (χ0n) is 18.1. The number of amides is 1. The zero-order valence-corrected chi connectivity index (χ0v) is 18.9. The summed E-state index contributed by atoms with van der Waals surface area (Å²) < 4.78 is 2.09. The molecule has 0 fully saturated rings. The third-order valence-corrected chi connectivity index (χ3v) is 6.41. The van der Waals surface area contributed by atoms with Crippen molar-refractivity contribution in [2.45, 2.75) is 63.4 Å². The summed E-state index contributed by atoms with van der Waals surface area (Å²) in [6.45, 7) is 9.10. The minimum atomic E-state index is -0.283. The van der Waals surface area contributed by atoms with Gasteiger partial charge in [-0.2, -0.15) is 0 Å². The second-order valence-corrected chi connectivity index (χ2v) is 8.76. The lowest BCUT2D eigenvalue weighted by molar-refractivity contribution is -0.115. The summed E-state index contributed by atoms with van der Waals surface area (Å²) in [5, 5.41) is 12.4. The first-order valence-electron chi connectivity index (χ1n) is 10.6. The van der Waals surface area contributed by atoms with Crippen molar-refractivity contribution < 1.29 is 4.79 Å². The van der Waals surface area contributed by atoms with E-state index in [0.717, 1.165) is 36.1 Å². The molecule has 0 aliphatic carbocycles. The van der Waals surface area contributed by atoms with Crippen LogP contribution in [0.25, 0.3) is 0 Å². The number of nitrogens with zero attached hydrogens (tertiary/aromatic N) is 3. The number of hydrogen-bond donors (Lipinski definition) is 1. The molecule has 0 radical (unpaired) electrons. The normalized spacial score (nSPS) is 13.1. The van der Waals surface area contributed by atoms with Gasteiger partial charge < -0.3 is 9.88 Å². The number of para-hydroxylation sites is 1. The third kappa shape index (κ3) is 5.30. The first-order valence-corrected chi connectivity index (χ1v) is 11.4. The van der Waals surface area contributed by atoms with Gasteiger partial charge in [0.25, 0.3) is 0 Å². The number of thioether (sulfide) groups is 1. The second kappa shape index (κ2) is 10.4. The Bertz CT molecular complexity index is 970. The standard InChI is InChI=1S/C24H30N4OS/c1-5-17(3)20-14-10-11-15-21(20)25-23(29)18(4)30-24-27-26-22(28(24)6-2)16-19-12-8-7-9-13-19/h7-15,17-18H,5-6,16H2,1-4H3,(H,25,29). The van der Waals surface area contributed by atoms with Crippen molar-refractivity contribution in [3.8, 4) is 0 Å². The van der Waals surface area contributed by atoms with Crippen molar-refractivity contribution in [3.05, 3.63) is 71.5 Å². The molecule has 5 nitrogen and oxygen atoms in total. The molecule has 158 valence electrons. The Kier molecular flexibility index (Phi) is 7.69. The molecular formula is C24H30N4OS. The number of carbonyl (C=O) groups excluding carboxylic acids is 1. The molecule has 30 heavy (non-hydrogen) atoms. The van der Waals surface area contributed by atoms with Crippen LogP contribution >= 0.6 is 11.8 Å². The summed E-state index contributed by atoms with van der Waals surface area (Å²) in [7, 11) is 0.